The van der Waals surface area contributed by atoms with Gasteiger partial charge in [0.25, 0.3) is 5.84 Å². The van der Waals surface area contributed by atoms with Gasteiger partial charge in [-0.3, -0.25) is 10.5 Å². The summed E-state index contributed by atoms with van der Waals surface area (Å²) in [7, 11) is 0. The summed E-state index contributed by atoms with van der Waals surface area (Å²) in [5.41, 5.74) is 8.88. The maximum atomic E-state index is 12.6. The highest BCUT2D eigenvalue weighted by Gasteiger charge is 2.27. The molecule has 4 rings (SSSR count). The minimum absolute atomic E-state index is 0.00151. The minimum atomic E-state index is 0.00151. The largest absolute Gasteiger partial charge is 0.486 e. The van der Waals surface area contributed by atoms with Crippen LogP contribution >= 0.6 is 0 Å². The summed E-state index contributed by atoms with van der Waals surface area (Å²) < 4.78 is 12.9. The van der Waals surface area contributed by atoms with E-state index in [1.807, 2.05) is 28.8 Å². The van der Waals surface area contributed by atoms with Crippen molar-refractivity contribution in [2.75, 3.05) is 19.8 Å². The Morgan fingerprint density at radius 3 is 2.74 bits per heavy atom. The molecule has 0 fully saturated rings. The molecule has 0 bridgehead atoms. The van der Waals surface area contributed by atoms with E-state index in [0.29, 0.717) is 42.5 Å². The van der Waals surface area contributed by atoms with Crippen LogP contribution in [0.1, 0.15) is 15.9 Å². The maximum absolute atomic E-state index is 12.6. The summed E-state index contributed by atoms with van der Waals surface area (Å²) >= 11 is 0. The average molecular weight is 309 g/mol. The smallest absolute Gasteiger partial charge is 0.252 e. The standard InChI is InChI=1S/C18H16N2O3/c19-18-10-12-3-1-2-4-14(12)20(18)11-15(21)13-5-6-16-17(9-13)23-8-7-22-16/h1-6,9,19H,7-8,10-11H2/p+1. The third kappa shape index (κ3) is 2.44. The molecule has 23 heavy (non-hydrogen) atoms. The highest BCUT2D eigenvalue weighted by Crippen LogP contribution is 2.31. The van der Waals surface area contributed by atoms with Crippen LogP contribution in [-0.4, -0.2) is 36.0 Å². The number of benzene rings is 2. The topological polar surface area (TPSA) is 64.6 Å². The number of hydrogen-bond donors (Lipinski definition) is 1. The number of amidine groups is 1. The molecule has 0 atom stereocenters. The lowest BCUT2D eigenvalue weighted by Crippen LogP contribution is -2.26. The van der Waals surface area contributed by atoms with Crippen molar-refractivity contribution in [2.24, 2.45) is 5.73 Å². The van der Waals surface area contributed by atoms with E-state index in [9.17, 15) is 4.79 Å². The summed E-state index contributed by atoms with van der Waals surface area (Å²) in [6, 6.07) is 13.3. The molecule has 0 radical (unpaired) electrons. The summed E-state index contributed by atoms with van der Waals surface area (Å²) in [6.45, 7) is 1.27. The van der Waals surface area contributed by atoms with Gasteiger partial charge in [0.15, 0.2) is 18.0 Å². The third-order valence-corrected chi connectivity index (χ3v) is 4.17. The first kappa shape index (κ1) is 13.8. The fourth-order valence-electron chi connectivity index (χ4n) is 3.01. The first-order valence-corrected chi connectivity index (χ1v) is 7.62. The van der Waals surface area contributed by atoms with Crippen molar-refractivity contribution in [3.05, 3.63) is 53.6 Å². The number of carbonyl (C=O) groups excluding carboxylic acids is 1. The number of para-hydroxylation sites is 1. The van der Waals surface area contributed by atoms with Crippen molar-refractivity contribution in [3.63, 3.8) is 0 Å². The van der Waals surface area contributed by atoms with Gasteiger partial charge in [-0.25, -0.2) is 4.58 Å². The van der Waals surface area contributed by atoms with Gasteiger partial charge >= 0.3 is 0 Å². The van der Waals surface area contributed by atoms with Crippen molar-refractivity contribution < 1.29 is 18.8 Å². The van der Waals surface area contributed by atoms with Crippen LogP contribution in [0.15, 0.2) is 42.5 Å². The van der Waals surface area contributed by atoms with Crippen LogP contribution in [0.25, 0.3) is 0 Å². The molecule has 5 nitrogen and oxygen atoms in total. The summed E-state index contributed by atoms with van der Waals surface area (Å²) in [6.07, 6.45) is 0.685. The molecule has 2 aromatic carbocycles. The molecule has 0 aromatic heterocycles. The molecular weight excluding hydrogens is 292 g/mol. The molecule has 2 N–H and O–H groups in total. The van der Waals surface area contributed by atoms with Gasteiger partial charge in [0, 0.05) is 11.1 Å². The van der Waals surface area contributed by atoms with Crippen molar-refractivity contribution in [2.45, 2.75) is 6.42 Å². The number of carbonyl (C=O) groups is 1. The van der Waals surface area contributed by atoms with Gasteiger partial charge in [-0.15, -0.1) is 0 Å². The van der Waals surface area contributed by atoms with E-state index in [4.69, 9.17) is 15.2 Å². The Bertz CT molecular complexity index is 827. The van der Waals surface area contributed by atoms with Crippen LogP contribution in [0.5, 0.6) is 11.5 Å². The Kier molecular flexibility index (Phi) is 3.26. The van der Waals surface area contributed by atoms with Gasteiger partial charge in [-0.1, -0.05) is 18.2 Å². The third-order valence-electron chi connectivity index (χ3n) is 4.17. The highest BCUT2D eigenvalue weighted by molar-refractivity contribution is 5.98. The summed E-state index contributed by atoms with van der Waals surface area (Å²) in [5, 5.41) is 0. The lowest BCUT2D eigenvalue weighted by molar-refractivity contribution is -0.423. The molecule has 2 heterocycles. The molecule has 0 unspecified atom stereocenters. The zero-order valence-corrected chi connectivity index (χ0v) is 12.6. The van der Waals surface area contributed by atoms with Crippen LogP contribution in [0.4, 0.5) is 5.69 Å². The number of rotatable bonds is 3. The summed E-state index contributed by atoms with van der Waals surface area (Å²) in [5.74, 6) is 2.02. The highest BCUT2D eigenvalue weighted by atomic mass is 16.6. The average Bonchev–Trinajstić information content (AvgIpc) is 2.90. The first-order chi connectivity index (χ1) is 11.2. The van der Waals surface area contributed by atoms with Crippen molar-refractivity contribution >= 4 is 17.3 Å². The lowest BCUT2D eigenvalue weighted by Gasteiger charge is -2.18. The number of ketones is 1. The molecule has 0 spiro atoms. The molecule has 2 aromatic rings. The predicted octanol–water partition coefficient (Wildman–Crippen LogP) is 1.90. The second-order valence-electron chi connectivity index (χ2n) is 5.66. The number of nitrogens with two attached hydrogens (primary N) is 1. The van der Waals surface area contributed by atoms with Gasteiger partial charge in [-0.05, 0) is 24.3 Å². The van der Waals surface area contributed by atoms with Gasteiger partial charge in [0.05, 0.1) is 6.42 Å². The zero-order valence-electron chi connectivity index (χ0n) is 12.6. The summed E-state index contributed by atoms with van der Waals surface area (Å²) in [4.78, 5) is 12.6. The fourth-order valence-corrected chi connectivity index (χ4v) is 3.01. The van der Waals surface area contributed by atoms with Gasteiger partial charge in [-0.2, -0.15) is 0 Å². The molecule has 0 aliphatic carbocycles. The van der Waals surface area contributed by atoms with Crippen molar-refractivity contribution in [3.8, 4) is 11.5 Å². The lowest BCUT2D eigenvalue weighted by atomic mass is 10.1. The molecule has 0 amide bonds. The Morgan fingerprint density at radius 1 is 1.09 bits per heavy atom. The molecular formula is C18H17N2O3+. The molecule has 0 saturated heterocycles. The monoisotopic (exact) mass is 309 g/mol. The Hall–Kier alpha value is -2.82. The number of Topliss-reactive ketones (excluding diaryl/α,β-unsaturated/α-hetero) is 1. The fraction of sp³-hybridized carbons (Fsp3) is 0.222. The number of nitrogens with zero attached hydrogens (tertiary/aromatic N) is 1. The van der Waals surface area contributed by atoms with E-state index in [0.717, 1.165) is 11.3 Å². The molecule has 5 heteroatoms. The van der Waals surface area contributed by atoms with Gasteiger partial charge in [0.1, 0.15) is 18.9 Å². The van der Waals surface area contributed by atoms with E-state index in [1.54, 1.807) is 18.2 Å². The van der Waals surface area contributed by atoms with Crippen molar-refractivity contribution in [1.82, 2.24) is 0 Å². The number of ether oxygens (including phenoxy) is 2. The first-order valence-electron chi connectivity index (χ1n) is 7.62. The molecule has 116 valence electrons. The molecule has 2 aliphatic heterocycles. The Labute approximate surface area is 134 Å². The SMILES string of the molecule is NC1=[N+](CC(=O)c2ccc3c(c2)OCCO3)c2ccccc2C1. The molecule has 2 aliphatic rings. The van der Waals surface area contributed by atoms with E-state index >= 15 is 0 Å². The normalized spacial score (nSPS) is 15.5. The van der Waals surface area contributed by atoms with Crippen LogP contribution in [0, 0.1) is 0 Å². The van der Waals surface area contributed by atoms with E-state index in [2.05, 4.69) is 0 Å². The number of fused-ring (bicyclic) bond motifs is 2. The van der Waals surface area contributed by atoms with Crippen LogP contribution in [0.3, 0.4) is 0 Å². The van der Waals surface area contributed by atoms with E-state index in [-0.39, 0.29) is 12.3 Å². The maximum Gasteiger partial charge on any atom is 0.252 e. The number of hydrogen-bond acceptors (Lipinski definition) is 4. The Balaban J connectivity index is 1.60. The minimum Gasteiger partial charge on any atom is -0.486 e. The quantitative estimate of drug-likeness (QED) is 0.695. The van der Waals surface area contributed by atoms with E-state index in [1.165, 1.54) is 0 Å². The molecule has 0 saturated carbocycles. The van der Waals surface area contributed by atoms with Gasteiger partial charge < -0.3 is 9.47 Å². The van der Waals surface area contributed by atoms with E-state index < -0.39 is 0 Å². The Morgan fingerprint density at radius 2 is 1.87 bits per heavy atom. The van der Waals surface area contributed by atoms with Crippen LogP contribution in [0.2, 0.25) is 0 Å². The predicted molar refractivity (Wildman–Crippen MR) is 85.9 cm³/mol. The van der Waals surface area contributed by atoms with Gasteiger partial charge in [0.2, 0.25) is 5.78 Å². The second-order valence-corrected chi connectivity index (χ2v) is 5.66. The van der Waals surface area contributed by atoms with Crippen molar-refractivity contribution in [1.29, 1.82) is 0 Å². The van der Waals surface area contributed by atoms with Crippen LogP contribution < -0.4 is 15.2 Å². The second kappa shape index (κ2) is 5.43. The van der Waals surface area contributed by atoms with Crippen LogP contribution in [-0.2, 0) is 6.42 Å². The zero-order chi connectivity index (χ0) is 15.8.